The molecular weight excluding hydrogens is 348 g/mol. The Morgan fingerprint density at radius 1 is 1.00 bits per heavy atom. The van der Waals surface area contributed by atoms with Gasteiger partial charge in [0.25, 0.3) is 5.91 Å². The second-order valence-electron chi connectivity index (χ2n) is 8.84. The first-order valence-corrected chi connectivity index (χ1v) is 9.89. The van der Waals surface area contributed by atoms with Crippen molar-refractivity contribution in [2.24, 2.45) is 0 Å². The van der Waals surface area contributed by atoms with E-state index >= 15 is 0 Å². The Kier molecular flexibility index (Phi) is 5.28. The second-order valence-corrected chi connectivity index (χ2v) is 8.84. The third kappa shape index (κ3) is 3.79. The molecule has 0 saturated carbocycles. The first-order valence-electron chi connectivity index (χ1n) is 9.89. The van der Waals surface area contributed by atoms with E-state index in [1.54, 1.807) is 4.52 Å². The molecule has 0 fully saturated rings. The van der Waals surface area contributed by atoms with E-state index in [0.717, 1.165) is 17.0 Å². The van der Waals surface area contributed by atoms with E-state index < -0.39 is 0 Å². The summed E-state index contributed by atoms with van der Waals surface area (Å²) in [6, 6.07) is 14.0. The van der Waals surface area contributed by atoms with Crippen LogP contribution in [0.15, 0.2) is 42.5 Å². The van der Waals surface area contributed by atoms with Gasteiger partial charge in [-0.2, -0.15) is 5.10 Å². The topological polar surface area (TPSA) is 50.5 Å². The lowest BCUT2D eigenvalue weighted by Crippen LogP contribution is -2.42. The number of benzene rings is 1. The van der Waals surface area contributed by atoms with Crippen LogP contribution in [-0.4, -0.2) is 37.5 Å². The van der Waals surface area contributed by atoms with Crippen molar-refractivity contribution in [3.63, 3.8) is 0 Å². The summed E-state index contributed by atoms with van der Waals surface area (Å²) < 4.78 is 1.70. The van der Waals surface area contributed by atoms with Crippen LogP contribution < -0.4 is 0 Å². The van der Waals surface area contributed by atoms with Crippen molar-refractivity contribution in [3.05, 3.63) is 53.9 Å². The van der Waals surface area contributed by atoms with Crippen molar-refractivity contribution in [2.75, 3.05) is 0 Å². The number of amides is 1. The minimum Gasteiger partial charge on any atom is -0.332 e. The number of carbonyl (C=O) groups excluding carboxylic acids is 1. The number of fused-ring (bicyclic) bond motifs is 1. The average molecular weight is 379 g/mol. The van der Waals surface area contributed by atoms with E-state index in [2.05, 4.69) is 20.8 Å². The van der Waals surface area contributed by atoms with Crippen LogP contribution in [0.2, 0.25) is 0 Å². The third-order valence-electron chi connectivity index (χ3n) is 4.83. The Hall–Kier alpha value is -2.69. The Bertz CT molecular complexity index is 973. The van der Waals surface area contributed by atoms with E-state index in [9.17, 15) is 4.79 Å². The molecule has 0 N–H and O–H groups in total. The molecule has 0 atom stereocenters. The molecule has 2 aromatic heterocycles. The molecule has 0 aliphatic carbocycles. The SMILES string of the molecule is CC(C)N(C(=O)c1cc(-c2ccccc2)nc2cc(C(C)(C)C)nn12)C(C)C. The van der Waals surface area contributed by atoms with Gasteiger partial charge < -0.3 is 4.90 Å². The van der Waals surface area contributed by atoms with Gasteiger partial charge in [-0.3, -0.25) is 4.79 Å². The van der Waals surface area contributed by atoms with E-state index in [4.69, 9.17) is 10.1 Å². The minimum atomic E-state index is -0.128. The molecule has 1 aromatic carbocycles. The summed E-state index contributed by atoms with van der Waals surface area (Å²) >= 11 is 0. The van der Waals surface area contributed by atoms with E-state index in [-0.39, 0.29) is 23.4 Å². The van der Waals surface area contributed by atoms with Gasteiger partial charge in [-0.15, -0.1) is 0 Å². The maximum absolute atomic E-state index is 13.5. The first kappa shape index (κ1) is 20.1. The van der Waals surface area contributed by atoms with Gasteiger partial charge in [-0.25, -0.2) is 9.50 Å². The predicted octanol–water partition coefficient (Wildman–Crippen LogP) is 4.95. The van der Waals surface area contributed by atoms with Crippen LogP contribution in [-0.2, 0) is 5.41 Å². The third-order valence-corrected chi connectivity index (χ3v) is 4.83. The molecule has 0 unspecified atom stereocenters. The van der Waals surface area contributed by atoms with Crippen LogP contribution >= 0.6 is 0 Å². The zero-order chi connectivity index (χ0) is 20.6. The maximum Gasteiger partial charge on any atom is 0.273 e. The predicted molar refractivity (Wildman–Crippen MR) is 114 cm³/mol. The molecule has 2 heterocycles. The van der Waals surface area contributed by atoms with Gasteiger partial charge in [0.15, 0.2) is 5.65 Å². The number of hydrogen-bond donors (Lipinski definition) is 0. The summed E-state index contributed by atoms with van der Waals surface area (Å²) in [5.74, 6) is -0.0295. The van der Waals surface area contributed by atoms with Crippen LogP contribution in [0.1, 0.15) is 64.6 Å². The quantitative estimate of drug-likeness (QED) is 0.645. The molecular formula is C23H30N4O. The highest BCUT2D eigenvalue weighted by molar-refractivity contribution is 5.94. The van der Waals surface area contributed by atoms with Crippen molar-refractivity contribution in [1.82, 2.24) is 19.5 Å². The number of carbonyl (C=O) groups is 1. The van der Waals surface area contributed by atoms with E-state index in [0.29, 0.717) is 11.3 Å². The molecule has 5 heteroatoms. The van der Waals surface area contributed by atoms with E-state index in [1.165, 1.54) is 0 Å². The molecule has 0 bridgehead atoms. The van der Waals surface area contributed by atoms with Gasteiger partial charge in [-0.1, -0.05) is 51.1 Å². The smallest absolute Gasteiger partial charge is 0.273 e. The lowest BCUT2D eigenvalue weighted by atomic mass is 9.93. The Labute approximate surface area is 167 Å². The van der Waals surface area contributed by atoms with Crippen LogP contribution in [0.25, 0.3) is 16.9 Å². The van der Waals surface area contributed by atoms with Crippen LogP contribution in [0.5, 0.6) is 0 Å². The Morgan fingerprint density at radius 3 is 2.14 bits per heavy atom. The van der Waals surface area contributed by atoms with Crippen molar-refractivity contribution < 1.29 is 4.79 Å². The molecule has 0 spiro atoms. The van der Waals surface area contributed by atoms with Crippen LogP contribution in [0.4, 0.5) is 0 Å². The summed E-state index contributed by atoms with van der Waals surface area (Å²) in [4.78, 5) is 20.2. The van der Waals surface area contributed by atoms with Crippen LogP contribution in [0.3, 0.4) is 0 Å². The van der Waals surface area contributed by atoms with Crippen molar-refractivity contribution in [1.29, 1.82) is 0 Å². The van der Waals surface area contributed by atoms with Crippen LogP contribution in [0, 0.1) is 0 Å². The highest BCUT2D eigenvalue weighted by Crippen LogP contribution is 2.26. The van der Waals surface area contributed by atoms with Crippen molar-refractivity contribution in [3.8, 4) is 11.3 Å². The van der Waals surface area contributed by atoms with Gasteiger partial charge in [0.05, 0.1) is 11.4 Å². The first-order chi connectivity index (χ1) is 13.1. The summed E-state index contributed by atoms with van der Waals surface area (Å²) in [6.45, 7) is 14.5. The molecule has 0 aliphatic heterocycles. The fourth-order valence-corrected chi connectivity index (χ4v) is 3.45. The second kappa shape index (κ2) is 7.38. The summed E-state index contributed by atoms with van der Waals surface area (Å²) in [5, 5.41) is 4.75. The van der Waals surface area contributed by atoms with Gasteiger partial charge in [0, 0.05) is 29.1 Å². The molecule has 0 radical (unpaired) electrons. The van der Waals surface area contributed by atoms with Gasteiger partial charge >= 0.3 is 0 Å². The van der Waals surface area contributed by atoms with E-state index in [1.807, 2.05) is 75.1 Å². The highest BCUT2D eigenvalue weighted by atomic mass is 16.2. The monoisotopic (exact) mass is 378 g/mol. The molecule has 28 heavy (non-hydrogen) atoms. The molecule has 0 aliphatic rings. The lowest BCUT2D eigenvalue weighted by molar-refractivity contribution is 0.0634. The normalized spacial score (nSPS) is 12.2. The van der Waals surface area contributed by atoms with Crippen molar-refractivity contribution >= 4 is 11.6 Å². The molecule has 148 valence electrons. The van der Waals surface area contributed by atoms with Gasteiger partial charge in [-0.05, 0) is 33.8 Å². The zero-order valence-electron chi connectivity index (χ0n) is 17.9. The Balaban J connectivity index is 2.26. The maximum atomic E-state index is 13.5. The number of hydrogen-bond acceptors (Lipinski definition) is 3. The fraction of sp³-hybridized carbons (Fsp3) is 0.435. The lowest BCUT2D eigenvalue weighted by Gasteiger charge is -2.30. The van der Waals surface area contributed by atoms with Crippen molar-refractivity contribution in [2.45, 2.75) is 66.0 Å². The minimum absolute atomic E-state index is 0.0295. The number of rotatable bonds is 4. The number of nitrogens with zero attached hydrogens (tertiary/aromatic N) is 4. The number of aromatic nitrogens is 3. The standard InChI is InChI=1S/C23H30N4O/c1-15(2)26(16(3)4)22(28)19-13-18(17-11-9-8-10-12-17)24-21-14-20(23(5,6)7)25-27(19)21/h8-16H,1-7H3. The Morgan fingerprint density at radius 2 is 1.61 bits per heavy atom. The zero-order valence-corrected chi connectivity index (χ0v) is 17.9. The average Bonchev–Trinajstić information content (AvgIpc) is 3.05. The molecule has 3 aromatic rings. The molecule has 5 nitrogen and oxygen atoms in total. The largest absolute Gasteiger partial charge is 0.332 e. The summed E-state index contributed by atoms with van der Waals surface area (Å²) in [7, 11) is 0. The summed E-state index contributed by atoms with van der Waals surface area (Å²) in [5.41, 5.74) is 3.79. The molecule has 0 saturated heterocycles. The highest BCUT2D eigenvalue weighted by Gasteiger charge is 2.27. The molecule has 1 amide bonds. The molecule has 3 rings (SSSR count). The summed E-state index contributed by atoms with van der Waals surface area (Å²) in [6.07, 6.45) is 0. The van der Waals surface area contributed by atoms with Gasteiger partial charge in [0.1, 0.15) is 5.69 Å². The fourth-order valence-electron chi connectivity index (χ4n) is 3.45. The van der Waals surface area contributed by atoms with Gasteiger partial charge in [0.2, 0.25) is 0 Å².